The second-order valence-electron chi connectivity index (χ2n) is 4.61. The van der Waals surface area contributed by atoms with E-state index < -0.39 is 0 Å². The first-order valence-corrected chi connectivity index (χ1v) is 7.33. The minimum absolute atomic E-state index is 0.148. The van der Waals surface area contributed by atoms with E-state index in [2.05, 4.69) is 30.5 Å². The van der Waals surface area contributed by atoms with Crippen LogP contribution in [-0.4, -0.2) is 47.8 Å². The summed E-state index contributed by atoms with van der Waals surface area (Å²) in [4.78, 5) is 2.54. The quantitative estimate of drug-likeness (QED) is 0.785. The third-order valence-electron chi connectivity index (χ3n) is 3.71. The molecule has 1 aliphatic rings. The highest BCUT2D eigenvalue weighted by Gasteiger charge is 2.28. The summed E-state index contributed by atoms with van der Waals surface area (Å²) < 4.78 is 0. The lowest BCUT2D eigenvalue weighted by Crippen LogP contribution is -2.40. The van der Waals surface area contributed by atoms with E-state index in [4.69, 9.17) is 0 Å². The van der Waals surface area contributed by atoms with Crippen molar-refractivity contribution >= 4 is 11.8 Å². The van der Waals surface area contributed by atoms with Gasteiger partial charge in [0.1, 0.15) is 0 Å². The molecule has 0 aromatic carbocycles. The van der Waals surface area contributed by atoms with Gasteiger partial charge in [-0.2, -0.15) is 11.8 Å². The van der Waals surface area contributed by atoms with E-state index in [0.717, 1.165) is 19.4 Å². The molecular weight excluding hydrogens is 206 g/mol. The lowest BCUT2D eigenvalue weighted by atomic mass is 9.82. The molecule has 3 heteroatoms. The predicted molar refractivity (Wildman–Crippen MR) is 68.5 cm³/mol. The van der Waals surface area contributed by atoms with Crippen LogP contribution in [0.15, 0.2) is 0 Å². The summed E-state index contributed by atoms with van der Waals surface area (Å²) in [6.45, 7) is 8.24. The smallest absolute Gasteiger partial charge is 0.0499 e. The van der Waals surface area contributed by atoms with Crippen molar-refractivity contribution in [3.05, 3.63) is 0 Å². The molecule has 90 valence electrons. The van der Waals surface area contributed by atoms with Crippen molar-refractivity contribution in [2.45, 2.75) is 33.1 Å². The molecule has 2 nitrogen and oxygen atoms in total. The number of hydrogen-bond acceptors (Lipinski definition) is 3. The van der Waals surface area contributed by atoms with Gasteiger partial charge < -0.3 is 10.0 Å². The van der Waals surface area contributed by atoms with Gasteiger partial charge in [0.05, 0.1) is 0 Å². The second kappa shape index (κ2) is 6.77. The van der Waals surface area contributed by atoms with Crippen LogP contribution in [0.25, 0.3) is 0 Å². The zero-order valence-electron chi connectivity index (χ0n) is 10.2. The lowest BCUT2D eigenvalue weighted by Gasteiger charge is -2.35. The van der Waals surface area contributed by atoms with Crippen LogP contribution < -0.4 is 0 Å². The van der Waals surface area contributed by atoms with E-state index >= 15 is 0 Å². The van der Waals surface area contributed by atoms with E-state index in [0.29, 0.717) is 6.61 Å². The average Bonchev–Trinajstić information content (AvgIpc) is 2.54. The molecule has 1 N–H and O–H groups in total. The van der Waals surface area contributed by atoms with Crippen molar-refractivity contribution in [2.75, 3.05) is 37.7 Å². The molecule has 0 aromatic heterocycles. The topological polar surface area (TPSA) is 23.5 Å². The Morgan fingerprint density at radius 1 is 1.20 bits per heavy atom. The molecule has 1 saturated heterocycles. The van der Waals surface area contributed by atoms with Gasteiger partial charge in [0.25, 0.3) is 0 Å². The van der Waals surface area contributed by atoms with E-state index in [1.807, 2.05) is 0 Å². The Kier molecular flexibility index (Phi) is 6.02. The number of nitrogens with zero attached hydrogens (tertiary/aromatic N) is 1. The molecule has 0 saturated carbocycles. The first-order chi connectivity index (χ1) is 7.26. The highest BCUT2D eigenvalue weighted by Crippen LogP contribution is 2.27. The number of thioether (sulfide) groups is 1. The van der Waals surface area contributed by atoms with Gasteiger partial charge in [-0.05, 0) is 31.6 Å². The third kappa shape index (κ3) is 3.97. The lowest BCUT2D eigenvalue weighted by molar-refractivity contribution is 0.0687. The van der Waals surface area contributed by atoms with Gasteiger partial charge in [0.2, 0.25) is 0 Å². The molecule has 0 amide bonds. The van der Waals surface area contributed by atoms with Crippen molar-refractivity contribution in [2.24, 2.45) is 5.41 Å². The van der Waals surface area contributed by atoms with E-state index in [1.54, 1.807) is 0 Å². The molecule has 0 bridgehead atoms. The van der Waals surface area contributed by atoms with Crippen LogP contribution in [0.1, 0.15) is 33.1 Å². The zero-order valence-corrected chi connectivity index (χ0v) is 11.0. The molecule has 1 heterocycles. The highest BCUT2D eigenvalue weighted by molar-refractivity contribution is 7.99. The molecular formula is C12H25NOS. The van der Waals surface area contributed by atoms with Crippen LogP contribution in [0, 0.1) is 5.41 Å². The van der Waals surface area contributed by atoms with Gasteiger partial charge >= 0.3 is 0 Å². The van der Waals surface area contributed by atoms with Crippen LogP contribution in [0.4, 0.5) is 0 Å². The molecule has 0 spiro atoms. The minimum Gasteiger partial charge on any atom is -0.396 e. The summed E-state index contributed by atoms with van der Waals surface area (Å²) in [5, 5.41) is 9.55. The number of aliphatic hydroxyl groups excluding tert-OH is 1. The monoisotopic (exact) mass is 231 g/mol. The Morgan fingerprint density at radius 3 is 2.53 bits per heavy atom. The van der Waals surface area contributed by atoms with Crippen molar-refractivity contribution in [1.29, 1.82) is 0 Å². The molecule has 0 aromatic rings. The maximum absolute atomic E-state index is 9.55. The second-order valence-corrected chi connectivity index (χ2v) is 5.83. The first kappa shape index (κ1) is 13.3. The van der Waals surface area contributed by atoms with E-state index in [9.17, 15) is 5.11 Å². The van der Waals surface area contributed by atoms with Gasteiger partial charge in [-0.25, -0.2) is 0 Å². The van der Waals surface area contributed by atoms with Crippen LogP contribution in [0.5, 0.6) is 0 Å². The molecule has 15 heavy (non-hydrogen) atoms. The molecule has 1 aliphatic heterocycles. The van der Waals surface area contributed by atoms with Crippen molar-refractivity contribution in [3.63, 3.8) is 0 Å². The number of rotatable bonds is 5. The van der Waals surface area contributed by atoms with Gasteiger partial charge in [0.15, 0.2) is 0 Å². The number of hydrogen-bond donors (Lipinski definition) is 1. The van der Waals surface area contributed by atoms with Gasteiger partial charge in [-0.3, -0.25) is 0 Å². The van der Waals surface area contributed by atoms with Gasteiger partial charge in [-0.15, -0.1) is 0 Å². The fourth-order valence-electron chi connectivity index (χ4n) is 2.18. The molecule has 1 rings (SSSR count). The van der Waals surface area contributed by atoms with Gasteiger partial charge in [0, 0.05) is 30.9 Å². The zero-order chi connectivity index (χ0) is 11.1. The van der Waals surface area contributed by atoms with Crippen LogP contribution >= 0.6 is 11.8 Å². The third-order valence-corrected chi connectivity index (χ3v) is 4.76. The molecule has 0 radical (unpaired) electrons. The fourth-order valence-corrected chi connectivity index (χ4v) is 3.10. The van der Waals surface area contributed by atoms with Crippen LogP contribution in [-0.2, 0) is 0 Å². The Labute approximate surface area is 98.4 Å². The maximum atomic E-state index is 9.55. The van der Waals surface area contributed by atoms with Gasteiger partial charge in [-0.1, -0.05) is 13.8 Å². The average molecular weight is 231 g/mol. The normalized spacial score (nSPS) is 20.2. The van der Waals surface area contributed by atoms with Crippen molar-refractivity contribution in [1.82, 2.24) is 4.90 Å². The van der Waals surface area contributed by atoms with Crippen LogP contribution in [0.2, 0.25) is 0 Å². The summed E-state index contributed by atoms with van der Waals surface area (Å²) in [6.07, 6.45) is 3.48. The molecule has 0 unspecified atom stereocenters. The Bertz CT molecular complexity index is 155. The fraction of sp³-hybridized carbons (Fsp3) is 1.00. The van der Waals surface area contributed by atoms with E-state index in [1.165, 1.54) is 31.0 Å². The molecule has 1 fully saturated rings. The molecule has 0 atom stereocenters. The minimum atomic E-state index is 0.148. The standard InChI is InChI=1S/C12H25NOS/c1-3-12(4-2,11-14)10-13-6-5-8-15-9-7-13/h14H,3-11H2,1-2H3. The highest BCUT2D eigenvalue weighted by atomic mass is 32.2. The summed E-state index contributed by atoms with van der Waals surface area (Å²) in [7, 11) is 0. The van der Waals surface area contributed by atoms with Crippen LogP contribution in [0.3, 0.4) is 0 Å². The number of aliphatic hydroxyl groups is 1. The Hall–Kier alpha value is 0.270. The molecule has 0 aliphatic carbocycles. The summed E-state index contributed by atoms with van der Waals surface area (Å²) in [6, 6.07) is 0. The summed E-state index contributed by atoms with van der Waals surface area (Å²) in [5.41, 5.74) is 0.148. The van der Waals surface area contributed by atoms with E-state index in [-0.39, 0.29) is 5.41 Å². The largest absolute Gasteiger partial charge is 0.396 e. The predicted octanol–water partition coefficient (Wildman–Crippen LogP) is 2.22. The first-order valence-electron chi connectivity index (χ1n) is 6.17. The maximum Gasteiger partial charge on any atom is 0.0499 e. The van der Waals surface area contributed by atoms with Crippen molar-refractivity contribution in [3.8, 4) is 0 Å². The Morgan fingerprint density at radius 2 is 1.93 bits per heavy atom. The Balaban J connectivity index is 2.48. The SMILES string of the molecule is CCC(CC)(CO)CN1CCCSCC1. The summed E-state index contributed by atoms with van der Waals surface area (Å²) >= 11 is 2.06. The van der Waals surface area contributed by atoms with Crippen molar-refractivity contribution < 1.29 is 5.11 Å². The summed E-state index contributed by atoms with van der Waals surface area (Å²) in [5.74, 6) is 2.57.